The van der Waals surface area contributed by atoms with Crippen molar-refractivity contribution in [1.29, 1.82) is 0 Å². The number of nitrogens with two attached hydrogens (primary N) is 2. The van der Waals surface area contributed by atoms with Crippen LogP contribution in [0.1, 0.15) is 72.6 Å². The van der Waals surface area contributed by atoms with Gasteiger partial charge in [-0.15, -0.1) is 29.0 Å². The average Bonchev–Trinajstić information content (AvgIpc) is 4.44. The lowest BCUT2D eigenvalue weighted by Crippen LogP contribution is -2.52. The molecule has 0 aliphatic carbocycles. The topological polar surface area (TPSA) is 295 Å². The van der Waals surface area contributed by atoms with Crippen LogP contribution in [0.2, 0.25) is 0 Å². The minimum atomic E-state index is -0.733. The maximum absolute atomic E-state index is 14.8. The number of amides is 2. The molecule has 82 heavy (non-hydrogen) atoms. The van der Waals surface area contributed by atoms with Crippen LogP contribution in [0, 0.1) is 18.3 Å². The van der Waals surface area contributed by atoms with Crippen molar-refractivity contribution in [3.05, 3.63) is 119 Å². The summed E-state index contributed by atoms with van der Waals surface area (Å²) in [6.45, 7) is 10.0. The first kappa shape index (κ1) is 60.2. The summed E-state index contributed by atoms with van der Waals surface area (Å²) in [7, 11) is 0. The zero-order valence-electron chi connectivity index (χ0n) is 46.4. The highest BCUT2D eigenvalue weighted by molar-refractivity contribution is 5.85. The number of hydrogen-bond donors (Lipinski definition) is 6. The molecule has 4 unspecified atom stereocenters. The standard InChI is InChI=1S/C57H73N17O7.ClH/c1-4-26-79-28-30-81-31-29-80-27-17-60-55-62-56(71-22-18-69(19-23-71)53(77)51(34-41-11-15-45(76)16-12-41)73-37-49(65-67-73)46(58)32-39(2)3)64-57(63-55)72-24-20-70(21-25-72)54(78)52(36-43-35-42-7-5-6-8-48(42)61-43)74-38-50(66-68-74)47(59)33-40-9-13-44(75)14-10-40;/h1,5-16,35,37-39,46-47,51-52,61,75-76H,17-34,36,58-59H2,2-3H3,(H,60,62,63,64);1H. The van der Waals surface area contributed by atoms with Gasteiger partial charge in [-0.2, -0.15) is 15.0 Å². The molecular weight excluding hydrogens is 1070 g/mol. The van der Waals surface area contributed by atoms with Gasteiger partial charge in [0.15, 0.2) is 0 Å². The van der Waals surface area contributed by atoms with Gasteiger partial charge in [-0.3, -0.25) is 9.59 Å². The quantitative estimate of drug-likeness (QED) is 0.0313. The van der Waals surface area contributed by atoms with Crippen molar-refractivity contribution in [2.75, 3.05) is 114 Å². The largest absolute Gasteiger partial charge is 0.508 e. The molecule has 4 aromatic heterocycles. The number of rotatable bonds is 27. The Kier molecular flexibility index (Phi) is 21.4. The smallest absolute Gasteiger partial charge is 0.248 e. The Balaban J connectivity index is 0.00000880. The summed E-state index contributed by atoms with van der Waals surface area (Å²) in [5.74, 6) is 4.10. The van der Waals surface area contributed by atoms with E-state index in [0.717, 1.165) is 34.1 Å². The summed E-state index contributed by atoms with van der Waals surface area (Å²) >= 11 is 0. The van der Waals surface area contributed by atoms with E-state index in [9.17, 15) is 19.8 Å². The first-order valence-electron chi connectivity index (χ1n) is 27.6. The highest BCUT2D eigenvalue weighted by atomic mass is 35.5. The molecule has 25 heteroatoms. The Labute approximate surface area is 482 Å². The van der Waals surface area contributed by atoms with E-state index < -0.39 is 18.1 Å². The third kappa shape index (κ3) is 16.2. The lowest BCUT2D eigenvalue weighted by molar-refractivity contribution is -0.136. The number of piperazine rings is 2. The highest BCUT2D eigenvalue weighted by Gasteiger charge is 2.34. The molecule has 7 aromatic rings. The molecule has 8 N–H and O–H groups in total. The van der Waals surface area contributed by atoms with Crippen molar-refractivity contribution in [3.63, 3.8) is 0 Å². The number of phenols is 2. The van der Waals surface area contributed by atoms with Crippen molar-refractivity contribution in [2.24, 2.45) is 17.4 Å². The molecule has 2 aliphatic heterocycles. The number of nitrogens with one attached hydrogen (secondary N) is 2. The Hall–Kier alpha value is -7.92. The van der Waals surface area contributed by atoms with Gasteiger partial charge in [0.1, 0.15) is 30.2 Å². The number of aromatic amines is 1. The number of carbonyl (C=O) groups excluding carboxylic acids is 2. The van der Waals surface area contributed by atoms with Crippen molar-refractivity contribution in [2.45, 2.75) is 63.7 Å². The van der Waals surface area contributed by atoms with Gasteiger partial charge in [-0.25, -0.2) is 9.36 Å². The van der Waals surface area contributed by atoms with E-state index in [2.05, 4.69) is 61.7 Å². The van der Waals surface area contributed by atoms with E-state index in [-0.39, 0.29) is 48.4 Å². The number of hydrogen-bond acceptors (Lipinski definition) is 19. The van der Waals surface area contributed by atoms with Crippen LogP contribution in [0.5, 0.6) is 11.5 Å². The number of aromatic nitrogens is 10. The van der Waals surface area contributed by atoms with Gasteiger partial charge in [0, 0.05) is 83.0 Å². The zero-order valence-corrected chi connectivity index (χ0v) is 47.2. The third-order valence-corrected chi connectivity index (χ3v) is 14.3. The minimum Gasteiger partial charge on any atom is -0.508 e. The van der Waals surface area contributed by atoms with E-state index in [0.29, 0.717) is 146 Å². The Morgan fingerprint density at radius 3 is 1.73 bits per heavy atom. The molecule has 6 heterocycles. The number of aromatic hydroxyl groups is 2. The molecule has 0 bridgehead atoms. The fourth-order valence-electron chi connectivity index (χ4n) is 9.94. The molecule has 0 radical (unpaired) electrons. The molecule has 436 valence electrons. The fraction of sp³-hybridized carbons (Fsp3) is 0.456. The lowest BCUT2D eigenvalue weighted by Gasteiger charge is -2.38. The number of phenolic OH excluding ortho intramolecular Hbond substituents is 2. The molecule has 2 saturated heterocycles. The van der Waals surface area contributed by atoms with Crippen molar-refractivity contribution in [1.82, 2.24) is 59.7 Å². The summed E-state index contributed by atoms with van der Waals surface area (Å²) in [6, 6.07) is 21.5. The second-order valence-corrected chi connectivity index (χ2v) is 20.7. The van der Waals surface area contributed by atoms with Gasteiger partial charge < -0.3 is 65.8 Å². The molecule has 0 spiro atoms. The number of fused-ring (bicyclic) bond motifs is 1. The highest BCUT2D eigenvalue weighted by Crippen LogP contribution is 2.27. The predicted octanol–water partition coefficient (Wildman–Crippen LogP) is 4.02. The van der Waals surface area contributed by atoms with Crippen LogP contribution in [-0.2, 0) is 43.1 Å². The van der Waals surface area contributed by atoms with Crippen LogP contribution in [-0.4, -0.2) is 180 Å². The van der Waals surface area contributed by atoms with E-state index in [1.54, 1.807) is 58.2 Å². The number of anilines is 3. The summed E-state index contributed by atoms with van der Waals surface area (Å²) in [6.07, 6.45) is 10.6. The molecule has 4 atom stereocenters. The first-order valence-corrected chi connectivity index (χ1v) is 27.6. The normalized spacial score (nSPS) is 15.3. The molecule has 2 aliphatic rings. The van der Waals surface area contributed by atoms with Gasteiger partial charge in [0.05, 0.1) is 68.9 Å². The number of nitrogens with zero attached hydrogens (tertiary/aromatic N) is 13. The number of H-pyrrole nitrogens is 1. The number of ether oxygens (including phenoxy) is 3. The van der Waals surface area contributed by atoms with Gasteiger partial charge in [-0.1, -0.05) is 72.7 Å². The lowest BCUT2D eigenvalue weighted by atomic mass is 10.0. The van der Waals surface area contributed by atoms with Gasteiger partial charge in [0.25, 0.3) is 0 Å². The Morgan fingerprint density at radius 2 is 1.18 bits per heavy atom. The molecule has 9 rings (SSSR count). The fourth-order valence-corrected chi connectivity index (χ4v) is 9.94. The van der Waals surface area contributed by atoms with Crippen molar-refractivity contribution >= 4 is 53.0 Å². The predicted molar refractivity (Wildman–Crippen MR) is 311 cm³/mol. The molecule has 3 aromatic carbocycles. The van der Waals surface area contributed by atoms with Crippen molar-refractivity contribution < 1.29 is 34.0 Å². The molecule has 2 amide bonds. The molecular formula is C57H74ClN17O7. The summed E-state index contributed by atoms with van der Waals surface area (Å²) < 4.78 is 19.9. The zero-order chi connectivity index (χ0) is 56.7. The monoisotopic (exact) mass is 1140 g/mol. The van der Waals surface area contributed by atoms with Gasteiger partial charge in [0.2, 0.25) is 29.7 Å². The minimum absolute atomic E-state index is 0. The Morgan fingerprint density at radius 1 is 0.671 bits per heavy atom. The van der Waals surface area contributed by atoms with E-state index in [1.807, 2.05) is 51.1 Å². The number of carbonyl (C=O) groups is 2. The maximum Gasteiger partial charge on any atom is 0.248 e. The number of halogens is 1. The van der Waals surface area contributed by atoms with E-state index in [1.165, 1.54) is 0 Å². The van der Waals surface area contributed by atoms with Crippen LogP contribution in [0.3, 0.4) is 0 Å². The Bertz CT molecular complexity index is 3140. The van der Waals surface area contributed by atoms with Crippen LogP contribution in [0.15, 0.2) is 91.3 Å². The summed E-state index contributed by atoms with van der Waals surface area (Å²) in [5, 5.41) is 41.9. The first-order chi connectivity index (χ1) is 39.4. The average molecular weight is 1140 g/mol. The molecule has 24 nitrogen and oxygen atoms in total. The number of terminal acetylenes is 1. The number of para-hydroxylation sites is 1. The van der Waals surface area contributed by atoms with Crippen LogP contribution >= 0.6 is 12.4 Å². The van der Waals surface area contributed by atoms with E-state index >= 15 is 0 Å². The maximum atomic E-state index is 14.8. The van der Waals surface area contributed by atoms with Gasteiger partial charge in [-0.05, 0) is 71.7 Å². The summed E-state index contributed by atoms with van der Waals surface area (Å²) in [4.78, 5) is 55.5. The third-order valence-electron chi connectivity index (χ3n) is 14.3. The number of benzene rings is 3. The second-order valence-electron chi connectivity index (χ2n) is 20.7. The molecule has 2 fully saturated rings. The van der Waals surface area contributed by atoms with Gasteiger partial charge >= 0.3 is 0 Å². The van der Waals surface area contributed by atoms with Crippen LogP contribution in [0.4, 0.5) is 17.8 Å². The molecule has 0 saturated carbocycles. The van der Waals surface area contributed by atoms with Crippen LogP contribution in [0.25, 0.3) is 10.9 Å². The van der Waals surface area contributed by atoms with Crippen molar-refractivity contribution in [3.8, 4) is 23.8 Å². The second kappa shape index (κ2) is 29.2. The summed E-state index contributed by atoms with van der Waals surface area (Å²) in [5.41, 5.74) is 18.0. The van der Waals surface area contributed by atoms with E-state index in [4.69, 9.17) is 47.1 Å². The SMILES string of the molecule is C#CCOCCOCCOCCNc1nc(N2CCN(C(=O)C(Cc3ccc(O)cc3)n3cc(C(N)CC(C)C)nn3)CC2)nc(N2CCN(C(=O)C(Cc3cc4ccccc4[nH]3)n3cc(C(N)Cc4ccc(O)cc4)nn3)CC2)n1.Cl. The van der Waals surface area contributed by atoms with Crippen LogP contribution < -0.4 is 26.6 Å².